The van der Waals surface area contributed by atoms with Gasteiger partial charge in [-0.25, -0.2) is 14.8 Å². The van der Waals surface area contributed by atoms with Crippen molar-refractivity contribution in [1.29, 1.82) is 5.26 Å². The van der Waals surface area contributed by atoms with Crippen LogP contribution in [-0.4, -0.2) is 52.2 Å². The van der Waals surface area contributed by atoms with Crippen LogP contribution in [-0.2, 0) is 0 Å². The van der Waals surface area contributed by atoms with Gasteiger partial charge >= 0.3 is 6.09 Å². The van der Waals surface area contributed by atoms with Crippen molar-refractivity contribution in [3.05, 3.63) is 41.7 Å². The van der Waals surface area contributed by atoms with E-state index >= 15 is 0 Å². The molecule has 2 saturated heterocycles. The first-order valence-electron chi connectivity index (χ1n) is 10.0. The molecule has 0 atom stereocenters. The number of hydrogen-bond acceptors (Lipinski definition) is 6. The van der Waals surface area contributed by atoms with E-state index in [4.69, 9.17) is 5.11 Å². The summed E-state index contributed by atoms with van der Waals surface area (Å²) >= 11 is 0. The van der Waals surface area contributed by atoms with Gasteiger partial charge < -0.3 is 20.2 Å². The van der Waals surface area contributed by atoms with Crippen LogP contribution < -0.4 is 10.2 Å². The fraction of sp³-hybridized carbons (Fsp3) is 0.429. The molecule has 2 N–H and O–H groups in total. The maximum atomic E-state index is 11.1. The minimum absolute atomic E-state index is 0.276. The number of piperidine rings is 1. The standard InChI is InChI=1S/C21H24N6O2/c22-13-18-20(25-19(14-23-18)26-9-1-2-10-26)24-17-5-3-15(4-6-17)16-7-11-27(12-8-16)21(28)29/h3-6,14,16H,1-2,7-12H2,(H,24,25)(H,28,29). The number of carboxylic acid groups (broad SMARTS) is 1. The van der Waals surface area contributed by atoms with E-state index in [2.05, 4.69) is 38.4 Å². The molecule has 1 amide bonds. The predicted molar refractivity (Wildman–Crippen MR) is 109 cm³/mol. The highest BCUT2D eigenvalue weighted by atomic mass is 16.4. The zero-order valence-corrected chi connectivity index (χ0v) is 16.2. The van der Waals surface area contributed by atoms with Crippen LogP contribution in [0.5, 0.6) is 0 Å². The van der Waals surface area contributed by atoms with Crippen molar-refractivity contribution in [1.82, 2.24) is 14.9 Å². The van der Waals surface area contributed by atoms with Gasteiger partial charge in [0.25, 0.3) is 0 Å². The Kier molecular flexibility index (Phi) is 5.47. The van der Waals surface area contributed by atoms with Crippen LogP contribution in [0.2, 0.25) is 0 Å². The van der Waals surface area contributed by atoms with Crippen molar-refractivity contribution in [2.45, 2.75) is 31.6 Å². The molecule has 0 aliphatic carbocycles. The summed E-state index contributed by atoms with van der Waals surface area (Å²) in [5.41, 5.74) is 2.33. The Hall–Kier alpha value is -3.34. The molecule has 8 nitrogen and oxygen atoms in total. The molecule has 3 heterocycles. The largest absolute Gasteiger partial charge is 0.465 e. The summed E-state index contributed by atoms with van der Waals surface area (Å²) in [5, 5.41) is 21.7. The molecule has 2 aromatic rings. The van der Waals surface area contributed by atoms with E-state index in [0.29, 0.717) is 24.8 Å². The van der Waals surface area contributed by atoms with Gasteiger partial charge in [-0.15, -0.1) is 0 Å². The Morgan fingerprint density at radius 3 is 2.45 bits per heavy atom. The van der Waals surface area contributed by atoms with Crippen molar-refractivity contribution in [3.63, 3.8) is 0 Å². The van der Waals surface area contributed by atoms with Gasteiger partial charge in [0.15, 0.2) is 11.5 Å². The molecule has 1 aromatic heterocycles. The molecule has 0 unspecified atom stereocenters. The molecule has 29 heavy (non-hydrogen) atoms. The Bertz CT molecular complexity index is 910. The fourth-order valence-corrected chi connectivity index (χ4v) is 4.03. The summed E-state index contributed by atoms with van der Waals surface area (Å²) < 4.78 is 0. The van der Waals surface area contributed by atoms with E-state index in [0.717, 1.165) is 50.3 Å². The SMILES string of the molecule is N#Cc1ncc(N2CCCC2)nc1Nc1ccc(C2CCN(C(=O)O)CC2)cc1. The van der Waals surface area contributed by atoms with Crippen LogP contribution in [0, 0.1) is 11.3 Å². The van der Waals surface area contributed by atoms with Crippen molar-refractivity contribution in [3.8, 4) is 6.07 Å². The minimum Gasteiger partial charge on any atom is -0.465 e. The van der Waals surface area contributed by atoms with E-state index in [-0.39, 0.29) is 5.69 Å². The molecule has 0 saturated carbocycles. The molecule has 2 aliphatic heterocycles. The molecule has 8 heteroatoms. The first-order valence-corrected chi connectivity index (χ1v) is 10.0. The lowest BCUT2D eigenvalue weighted by molar-refractivity contribution is 0.132. The normalized spacial score (nSPS) is 17.2. The third-order valence-corrected chi connectivity index (χ3v) is 5.71. The number of amides is 1. The third-order valence-electron chi connectivity index (χ3n) is 5.71. The Morgan fingerprint density at radius 1 is 1.14 bits per heavy atom. The van der Waals surface area contributed by atoms with Crippen LogP contribution in [0.25, 0.3) is 0 Å². The zero-order chi connectivity index (χ0) is 20.2. The Balaban J connectivity index is 1.45. The quantitative estimate of drug-likeness (QED) is 0.819. The predicted octanol–water partition coefficient (Wildman–Crippen LogP) is 3.55. The van der Waals surface area contributed by atoms with Gasteiger partial charge in [-0.3, -0.25) is 0 Å². The van der Waals surface area contributed by atoms with Crippen LogP contribution in [0.15, 0.2) is 30.5 Å². The van der Waals surface area contributed by atoms with Gasteiger partial charge in [0, 0.05) is 31.9 Å². The summed E-state index contributed by atoms with van der Waals surface area (Å²) in [6.07, 6.45) is 4.80. The number of likely N-dealkylation sites (tertiary alicyclic amines) is 1. The number of hydrogen-bond donors (Lipinski definition) is 2. The van der Waals surface area contributed by atoms with Crippen molar-refractivity contribution in [2.75, 3.05) is 36.4 Å². The Labute approximate surface area is 169 Å². The average molecular weight is 392 g/mol. The second kappa shape index (κ2) is 8.35. The molecular formula is C21H24N6O2. The van der Waals surface area contributed by atoms with E-state index in [1.165, 1.54) is 10.5 Å². The van der Waals surface area contributed by atoms with Crippen LogP contribution in [0.1, 0.15) is 42.9 Å². The zero-order valence-electron chi connectivity index (χ0n) is 16.2. The number of rotatable bonds is 4. The number of nitrogens with one attached hydrogen (secondary N) is 1. The van der Waals surface area contributed by atoms with Gasteiger partial charge in [0.1, 0.15) is 11.9 Å². The first-order chi connectivity index (χ1) is 14.1. The average Bonchev–Trinajstić information content (AvgIpc) is 3.29. The summed E-state index contributed by atoms with van der Waals surface area (Å²) in [7, 11) is 0. The lowest BCUT2D eigenvalue weighted by Gasteiger charge is -2.30. The number of nitriles is 1. The summed E-state index contributed by atoms with van der Waals surface area (Å²) in [6, 6.07) is 10.2. The molecule has 0 radical (unpaired) electrons. The summed E-state index contributed by atoms with van der Waals surface area (Å²) in [5.74, 6) is 1.64. The Morgan fingerprint density at radius 2 is 1.83 bits per heavy atom. The van der Waals surface area contributed by atoms with Crippen molar-refractivity contribution >= 4 is 23.4 Å². The van der Waals surface area contributed by atoms with Crippen molar-refractivity contribution < 1.29 is 9.90 Å². The highest BCUT2D eigenvalue weighted by Gasteiger charge is 2.23. The van der Waals surface area contributed by atoms with Crippen LogP contribution >= 0.6 is 0 Å². The minimum atomic E-state index is -0.839. The fourth-order valence-electron chi connectivity index (χ4n) is 4.03. The van der Waals surface area contributed by atoms with Crippen LogP contribution in [0.4, 0.5) is 22.1 Å². The van der Waals surface area contributed by atoms with E-state index in [1.807, 2.05) is 12.1 Å². The maximum absolute atomic E-state index is 11.1. The lowest BCUT2D eigenvalue weighted by Crippen LogP contribution is -2.36. The van der Waals surface area contributed by atoms with Gasteiger partial charge in [0.2, 0.25) is 0 Å². The van der Waals surface area contributed by atoms with E-state index in [1.54, 1.807) is 6.20 Å². The second-order valence-electron chi connectivity index (χ2n) is 7.52. The lowest BCUT2D eigenvalue weighted by atomic mass is 9.89. The highest BCUT2D eigenvalue weighted by molar-refractivity contribution is 5.65. The molecule has 1 aromatic carbocycles. The molecule has 2 fully saturated rings. The van der Waals surface area contributed by atoms with Gasteiger partial charge in [-0.1, -0.05) is 12.1 Å². The summed E-state index contributed by atoms with van der Waals surface area (Å²) in [4.78, 5) is 23.6. The first kappa shape index (κ1) is 19.0. The van der Waals surface area contributed by atoms with Gasteiger partial charge in [-0.05, 0) is 49.3 Å². The second-order valence-corrected chi connectivity index (χ2v) is 7.52. The molecule has 150 valence electrons. The molecule has 0 spiro atoms. The van der Waals surface area contributed by atoms with Crippen LogP contribution in [0.3, 0.4) is 0 Å². The smallest absolute Gasteiger partial charge is 0.407 e. The van der Waals surface area contributed by atoms with E-state index in [9.17, 15) is 10.1 Å². The maximum Gasteiger partial charge on any atom is 0.407 e. The molecule has 2 aliphatic rings. The number of carbonyl (C=O) groups is 1. The monoisotopic (exact) mass is 392 g/mol. The number of anilines is 3. The number of benzene rings is 1. The summed E-state index contributed by atoms with van der Waals surface area (Å²) in [6.45, 7) is 3.08. The molecule has 0 bridgehead atoms. The molecular weight excluding hydrogens is 368 g/mol. The van der Waals surface area contributed by atoms with Gasteiger partial charge in [0.05, 0.1) is 6.20 Å². The number of aromatic nitrogens is 2. The van der Waals surface area contributed by atoms with Gasteiger partial charge in [-0.2, -0.15) is 5.26 Å². The number of nitrogens with zero attached hydrogens (tertiary/aromatic N) is 5. The highest BCUT2D eigenvalue weighted by Crippen LogP contribution is 2.30. The van der Waals surface area contributed by atoms with Crippen molar-refractivity contribution in [2.24, 2.45) is 0 Å². The van der Waals surface area contributed by atoms with E-state index < -0.39 is 6.09 Å². The third kappa shape index (κ3) is 4.24. The topological polar surface area (TPSA) is 105 Å². The molecule has 4 rings (SSSR count).